The zero-order chi connectivity index (χ0) is 20.3. The summed E-state index contributed by atoms with van der Waals surface area (Å²) in [6.07, 6.45) is 1.95. The van der Waals surface area contributed by atoms with Crippen LogP contribution in [0.25, 0.3) is 10.9 Å². The molecular weight excluding hydrogens is 354 g/mol. The quantitative estimate of drug-likeness (QED) is 0.477. The van der Waals surface area contributed by atoms with Crippen molar-refractivity contribution in [1.29, 1.82) is 0 Å². The normalized spacial score (nSPS) is 12.1. The average molecular weight is 381 g/mol. The van der Waals surface area contributed by atoms with Gasteiger partial charge in [-0.15, -0.1) is 0 Å². The number of hydrazone groups is 1. The highest BCUT2D eigenvalue weighted by molar-refractivity contribution is 6.09. The molecule has 1 aromatic carbocycles. The highest BCUT2D eigenvalue weighted by Gasteiger charge is 2.19. The summed E-state index contributed by atoms with van der Waals surface area (Å²) in [4.78, 5) is 18.6. The van der Waals surface area contributed by atoms with Crippen molar-refractivity contribution in [3.05, 3.63) is 36.0 Å². The van der Waals surface area contributed by atoms with Crippen LogP contribution in [0.2, 0.25) is 0 Å². The number of methoxy groups -OCH3 is 1. The van der Waals surface area contributed by atoms with Gasteiger partial charge in [-0.25, -0.2) is 5.43 Å². The Bertz CT molecular complexity index is 970. The molecule has 0 aliphatic carbocycles. The van der Waals surface area contributed by atoms with Crippen LogP contribution < -0.4 is 15.1 Å². The van der Waals surface area contributed by atoms with Crippen molar-refractivity contribution in [1.82, 2.24) is 19.9 Å². The number of H-pyrrole nitrogens is 1. The molecule has 0 saturated heterocycles. The number of fused-ring (bicyclic) bond motifs is 1. The molecule has 0 bridgehead atoms. The summed E-state index contributed by atoms with van der Waals surface area (Å²) >= 11 is 0. The molecule has 8 nitrogen and oxygen atoms in total. The number of benzene rings is 1. The molecular formula is C20H27N7O. The monoisotopic (exact) mass is 381 g/mol. The molecule has 3 rings (SSSR count). The Balaban J connectivity index is 1.91. The molecule has 0 unspecified atom stereocenters. The number of aromatic nitrogens is 4. The van der Waals surface area contributed by atoms with Gasteiger partial charge in [0.2, 0.25) is 5.95 Å². The van der Waals surface area contributed by atoms with Gasteiger partial charge < -0.3 is 14.6 Å². The molecule has 0 amide bonds. The number of aromatic amines is 1. The number of nitrogens with one attached hydrogen (secondary N) is 2. The first-order chi connectivity index (χ1) is 13.4. The largest absolute Gasteiger partial charge is 0.467 e. The van der Waals surface area contributed by atoms with E-state index in [9.17, 15) is 0 Å². The molecule has 0 spiro atoms. The van der Waals surface area contributed by atoms with Crippen LogP contribution in [0.3, 0.4) is 0 Å². The molecule has 0 atom stereocenters. The molecule has 0 fully saturated rings. The van der Waals surface area contributed by atoms with Crippen LogP contribution in [-0.4, -0.2) is 44.8 Å². The van der Waals surface area contributed by atoms with Crippen molar-refractivity contribution in [3.63, 3.8) is 0 Å². The number of anilines is 2. The van der Waals surface area contributed by atoms with Gasteiger partial charge in [0.15, 0.2) is 0 Å². The molecule has 3 aromatic rings. The Morgan fingerprint density at radius 1 is 1.11 bits per heavy atom. The van der Waals surface area contributed by atoms with Crippen LogP contribution in [0.15, 0.2) is 35.6 Å². The van der Waals surface area contributed by atoms with Gasteiger partial charge in [0.25, 0.3) is 5.95 Å². The first kappa shape index (κ1) is 19.6. The topological polar surface area (TPSA) is 91.3 Å². The Hall–Kier alpha value is -3.16. The first-order valence-electron chi connectivity index (χ1n) is 9.36. The zero-order valence-electron chi connectivity index (χ0n) is 17.2. The summed E-state index contributed by atoms with van der Waals surface area (Å²) in [5.41, 5.74) is 5.87. The summed E-state index contributed by atoms with van der Waals surface area (Å²) in [7, 11) is 1.54. The average Bonchev–Trinajstić information content (AvgIpc) is 3.09. The number of nitrogens with zero attached hydrogens (tertiary/aromatic N) is 5. The zero-order valence-corrected chi connectivity index (χ0v) is 17.2. The number of rotatable bonds is 7. The van der Waals surface area contributed by atoms with Gasteiger partial charge in [-0.1, -0.05) is 18.2 Å². The molecule has 0 saturated carbocycles. The lowest BCUT2D eigenvalue weighted by molar-refractivity contribution is 0.377. The van der Waals surface area contributed by atoms with Crippen LogP contribution in [-0.2, 0) is 0 Å². The van der Waals surface area contributed by atoms with E-state index in [-0.39, 0.29) is 18.1 Å². The van der Waals surface area contributed by atoms with Gasteiger partial charge in [-0.2, -0.15) is 20.1 Å². The van der Waals surface area contributed by atoms with Gasteiger partial charge in [0, 0.05) is 34.7 Å². The van der Waals surface area contributed by atoms with Gasteiger partial charge in [-0.3, -0.25) is 0 Å². The molecule has 0 aliphatic heterocycles. The number of para-hydroxylation sites is 1. The van der Waals surface area contributed by atoms with E-state index in [1.54, 1.807) is 7.11 Å². The third kappa shape index (κ3) is 4.05. The Kier molecular flexibility index (Phi) is 5.77. The number of hydrogen-bond acceptors (Lipinski definition) is 7. The van der Waals surface area contributed by atoms with Crippen LogP contribution in [0.5, 0.6) is 6.01 Å². The molecule has 2 N–H and O–H groups in total. The Morgan fingerprint density at radius 3 is 2.50 bits per heavy atom. The minimum absolute atomic E-state index is 0.233. The minimum atomic E-state index is 0.233. The fourth-order valence-electron chi connectivity index (χ4n) is 3.23. The van der Waals surface area contributed by atoms with Gasteiger partial charge >= 0.3 is 6.01 Å². The second-order valence-electron chi connectivity index (χ2n) is 7.10. The lowest BCUT2D eigenvalue weighted by Gasteiger charge is -2.30. The van der Waals surface area contributed by atoms with E-state index in [4.69, 9.17) is 4.74 Å². The summed E-state index contributed by atoms with van der Waals surface area (Å²) < 4.78 is 5.26. The van der Waals surface area contributed by atoms with Crippen molar-refractivity contribution in [2.24, 2.45) is 5.10 Å². The van der Waals surface area contributed by atoms with Gasteiger partial charge in [-0.05, 0) is 40.7 Å². The maximum Gasteiger partial charge on any atom is 0.322 e. The van der Waals surface area contributed by atoms with Gasteiger partial charge in [0.1, 0.15) is 0 Å². The van der Waals surface area contributed by atoms with Gasteiger partial charge in [0.05, 0.1) is 12.8 Å². The third-order valence-electron chi connectivity index (χ3n) is 4.43. The second kappa shape index (κ2) is 8.24. The van der Waals surface area contributed by atoms with E-state index < -0.39 is 0 Å². The summed E-state index contributed by atoms with van der Waals surface area (Å²) in [6.45, 7) is 10.3. The molecule has 148 valence electrons. The SMILES string of the molecule is COc1nc(NN=C(C)c2c[nH]c3ccccc23)nc(N(C(C)C)C(C)C)n1. The molecule has 2 aromatic heterocycles. The number of hydrogen-bond donors (Lipinski definition) is 2. The molecule has 8 heteroatoms. The highest BCUT2D eigenvalue weighted by atomic mass is 16.5. The predicted molar refractivity (Wildman–Crippen MR) is 113 cm³/mol. The summed E-state index contributed by atoms with van der Waals surface area (Å²) in [5.74, 6) is 0.895. The maximum atomic E-state index is 5.26. The first-order valence-corrected chi connectivity index (χ1v) is 9.36. The maximum absolute atomic E-state index is 5.26. The van der Waals surface area contributed by atoms with Crippen molar-refractivity contribution >= 4 is 28.5 Å². The smallest absolute Gasteiger partial charge is 0.322 e. The summed E-state index contributed by atoms with van der Waals surface area (Å²) in [5, 5.41) is 5.59. The highest BCUT2D eigenvalue weighted by Crippen LogP contribution is 2.21. The van der Waals surface area contributed by atoms with Crippen LogP contribution in [0.1, 0.15) is 40.2 Å². The molecule has 0 aliphatic rings. The Labute approximate surface area is 165 Å². The van der Waals surface area contributed by atoms with Crippen molar-refractivity contribution in [2.45, 2.75) is 46.7 Å². The fraction of sp³-hybridized carbons (Fsp3) is 0.400. The van der Waals surface area contributed by atoms with E-state index >= 15 is 0 Å². The third-order valence-corrected chi connectivity index (χ3v) is 4.43. The van der Waals surface area contributed by atoms with E-state index in [1.807, 2.05) is 31.3 Å². The lowest BCUT2D eigenvalue weighted by Crippen LogP contribution is -2.38. The minimum Gasteiger partial charge on any atom is -0.467 e. The second-order valence-corrected chi connectivity index (χ2v) is 7.10. The number of ether oxygens (including phenoxy) is 1. The van der Waals surface area contributed by atoms with E-state index in [1.165, 1.54) is 0 Å². The van der Waals surface area contributed by atoms with Crippen LogP contribution in [0, 0.1) is 0 Å². The van der Waals surface area contributed by atoms with E-state index in [2.05, 4.69) is 69.1 Å². The van der Waals surface area contributed by atoms with E-state index in [0.29, 0.717) is 11.9 Å². The van der Waals surface area contributed by atoms with E-state index in [0.717, 1.165) is 22.2 Å². The fourth-order valence-corrected chi connectivity index (χ4v) is 3.23. The molecule has 0 radical (unpaired) electrons. The van der Waals surface area contributed by atoms with Crippen LogP contribution in [0.4, 0.5) is 11.9 Å². The van der Waals surface area contributed by atoms with Crippen LogP contribution >= 0.6 is 0 Å². The Morgan fingerprint density at radius 2 is 1.82 bits per heavy atom. The molecule has 28 heavy (non-hydrogen) atoms. The van der Waals surface area contributed by atoms with Crippen molar-refractivity contribution < 1.29 is 4.74 Å². The predicted octanol–water partition coefficient (Wildman–Crippen LogP) is 3.82. The summed E-state index contributed by atoms with van der Waals surface area (Å²) in [6, 6.07) is 8.83. The standard InChI is InChI=1S/C20H27N7O/c1-12(2)27(13(3)4)19-22-18(23-20(24-19)28-6)26-25-14(5)16-11-21-17-10-8-7-9-15(16)17/h7-13,21H,1-6H3,(H,22,23,24,26). The van der Waals surface area contributed by atoms with Crippen molar-refractivity contribution in [3.8, 4) is 6.01 Å². The lowest BCUT2D eigenvalue weighted by atomic mass is 10.1. The van der Waals surface area contributed by atoms with Crippen molar-refractivity contribution in [2.75, 3.05) is 17.4 Å². The molecule has 2 heterocycles.